The molecule has 1 amide bonds. The molecule has 3 aromatic rings. The second-order valence-corrected chi connectivity index (χ2v) is 11.5. The van der Waals surface area contributed by atoms with Crippen LogP contribution in [0.3, 0.4) is 0 Å². The van der Waals surface area contributed by atoms with Crippen molar-refractivity contribution in [2.45, 2.75) is 37.5 Å². The fourth-order valence-corrected chi connectivity index (χ4v) is 6.06. The minimum absolute atomic E-state index is 0.0934. The highest BCUT2D eigenvalue weighted by Crippen LogP contribution is 2.37. The smallest absolute Gasteiger partial charge is 0.251 e. The lowest BCUT2D eigenvalue weighted by atomic mass is 9.93. The lowest BCUT2D eigenvalue weighted by Gasteiger charge is -2.29. The third-order valence-electron chi connectivity index (χ3n) is 7.30. The first-order chi connectivity index (χ1) is 19.3. The van der Waals surface area contributed by atoms with Crippen LogP contribution in [0.5, 0.6) is 5.75 Å². The molecule has 0 atom stereocenters. The van der Waals surface area contributed by atoms with E-state index in [1.165, 1.54) is 0 Å². The lowest BCUT2D eigenvalue weighted by molar-refractivity contribution is 0.0916. The Morgan fingerprint density at radius 2 is 2.08 bits per heavy atom. The molecule has 1 aliphatic carbocycles. The highest BCUT2D eigenvalue weighted by atomic mass is 35.5. The van der Waals surface area contributed by atoms with E-state index in [2.05, 4.69) is 34.1 Å². The number of halogens is 1. The van der Waals surface area contributed by atoms with Gasteiger partial charge in [-0.1, -0.05) is 18.2 Å². The first-order valence-corrected chi connectivity index (χ1v) is 14.7. The number of carbonyl (C=O) groups is 1. The fraction of sp³-hybridized carbons (Fsp3) is 0.379. The van der Waals surface area contributed by atoms with Crippen molar-refractivity contribution in [1.82, 2.24) is 30.0 Å². The number of ether oxygens (including phenoxy) is 1. The van der Waals surface area contributed by atoms with Crippen molar-refractivity contribution in [2.75, 3.05) is 32.6 Å². The number of likely N-dealkylation sites (tertiary alicyclic amines) is 1. The van der Waals surface area contributed by atoms with Crippen LogP contribution in [0.4, 0.5) is 11.6 Å². The zero-order valence-electron chi connectivity index (χ0n) is 23.0. The highest BCUT2D eigenvalue weighted by Gasteiger charge is 2.26. The molecule has 0 bridgehead atoms. The summed E-state index contributed by atoms with van der Waals surface area (Å²) in [5.74, 6) is 1.63. The maximum absolute atomic E-state index is 12.9. The average molecular weight is 580 g/mol. The van der Waals surface area contributed by atoms with Crippen molar-refractivity contribution >= 4 is 40.9 Å². The monoisotopic (exact) mass is 579 g/mol. The summed E-state index contributed by atoms with van der Waals surface area (Å²) in [6.07, 6.45) is 7.25. The van der Waals surface area contributed by atoms with Gasteiger partial charge >= 0.3 is 0 Å². The van der Waals surface area contributed by atoms with Crippen molar-refractivity contribution < 1.29 is 9.53 Å². The number of anilines is 2. The number of carbonyl (C=O) groups excluding carboxylic acids is 1. The standard InChI is InChI=1S/C29H34ClN7O2S/c1-18(30)11-14-40-17-24-26-23(35-37(24)3)8-6-20-16-31-29(34-27(20)26)33-22-7-5-19(15-25(22)39-4)28(38)32-21-9-12-36(2)13-10-21/h5,7,11,14-16,21H,1,6,8-10,12-13,17H2,2-4H3,(H,32,38)(H,31,33,34)/b14-11-. The molecular weight excluding hydrogens is 546 g/mol. The maximum atomic E-state index is 12.9. The van der Waals surface area contributed by atoms with Crippen LogP contribution in [0.15, 0.2) is 47.5 Å². The molecule has 0 radical (unpaired) electrons. The van der Waals surface area contributed by atoms with Gasteiger partial charge in [0.2, 0.25) is 5.95 Å². The van der Waals surface area contributed by atoms with Gasteiger partial charge in [-0.25, -0.2) is 9.97 Å². The lowest BCUT2D eigenvalue weighted by Crippen LogP contribution is -2.43. The van der Waals surface area contributed by atoms with E-state index in [1.807, 2.05) is 29.4 Å². The van der Waals surface area contributed by atoms with Gasteiger partial charge in [-0.3, -0.25) is 9.48 Å². The number of hydrogen-bond acceptors (Lipinski definition) is 8. The number of allylic oxidation sites excluding steroid dienone is 2. The maximum Gasteiger partial charge on any atom is 0.251 e. The topological polar surface area (TPSA) is 97.2 Å². The third kappa shape index (κ3) is 6.35. The largest absolute Gasteiger partial charge is 0.495 e. The summed E-state index contributed by atoms with van der Waals surface area (Å²) in [6, 6.07) is 5.57. The summed E-state index contributed by atoms with van der Waals surface area (Å²) < 4.78 is 7.57. The van der Waals surface area contributed by atoms with Crippen molar-refractivity contribution in [3.8, 4) is 17.0 Å². The molecule has 0 unspecified atom stereocenters. The summed E-state index contributed by atoms with van der Waals surface area (Å²) in [4.78, 5) is 24.7. The second kappa shape index (κ2) is 12.4. The number of fused-ring (bicyclic) bond motifs is 3. The van der Waals surface area contributed by atoms with Gasteiger partial charge < -0.3 is 20.3 Å². The van der Waals surface area contributed by atoms with Gasteiger partial charge in [0.25, 0.3) is 5.91 Å². The number of piperidine rings is 1. The molecule has 40 heavy (non-hydrogen) atoms. The summed E-state index contributed by atoms with van der Waals surface area (Å²) in [5.41, 5.74) is 6.42. The van der Waals surface area contributed by atoms with Crippen molar-refractivity contribution in [2.24, 2.45) is 7.05 Å². The second-order valence-electron chi connectivity index (χ2n) is 10.1. The molecule has 0 saturated carbocycles. The van der Waals surface area contributed by atoms with Crippen LogP contribution in [0, 0.1) is 0 Å². The van der Waals surface area contributed by atoms with Crippen LogP contribution < -0.4 is 15.4 Å². The van der Waals surface area contributed by atoms with Gasteiger partial charge in [-0.05, 0) is 81.1 Å². The Hall–Kier alpha value is -3.34. The molecule has 1 aliphatic heterocycles. The molecule has 0 spiro atoms. The van der Waals surface area contributed by atoms with Crippen LogP contribution in [0.25, 0.3) is 11.3 Å². The number of nitrogens with one attached hydrogen (secondary N) is 2. The minimum atomic E-state index is -0.0934. The summed E-state index contributed by atoms with van der Waals surface area (Å²) in [5, 5.41) is 13.7. The van der Waals surface area contributed by atoms with E-state index in [9.17, 15) is 4.79 Å². The van der Waals surface area contributed by atoms with Crippen LogP contribution in [0.1, 0.15) is 40.2 Å². The number of nitrogens with zero attached hydrogens (tertiary/aromatic N) is 5. The molecular formula is C29H34ClN7O2S. The number of aryl methyl sites for hydroxylation is 3. The summed E-state index contributed by atoms with van der Waals surface area (Å²) in [7, 11) is 5.66. The summed E-state index contributed by atoms with van der Waals surface area (Å²) >= 11 is 7.49. The van der Waals surface area contributed by atoms with E-state index >= 15 is 0 Å². The molecule has 9 nitrogen and oxygen atoms in total. The van der Waals surface area contributed by atoms with Crippen LogP contribution in [-0.4, -0.2) is 63.8 Å². The third-order valence-corrected chi connectivity index (χ3v) is 8.19. The molecule has 1 saturated heterocycles. The normalized spacial score (nSPS) is 15.5. The van der Waals surface area contributed by atoms with E-state index in [-0.39, 0.29) is 11.9 Å². The quantitative estimate of drug-likeness (QED) is 0.340. The minimum Gasteiger partial charge on any atom is -0.495 e. The zero-order chi connectivity index (χ0) is 28.2. The molecule has 1 fully saturated rings. The van der Waals surface area contributed by atoms with Gasteiger partial charge in [-0.2, -0.15) is 5.10 Å². The molecule has 210 valence electrons. The van der Waals surface area contributed by atoms with Gasteiger partial charge in [0.15, 0.2) is 0 Å². The molecule has 11 heteroatoms. The van der Waals surface area contributed by atoms with Gasteiger partial charge in [0, 0.05) is 41.2 Å². The summed E-state index contributed by atoms with van der Waals surface area (Å²) in [6.45, 7) is 5.67. The molecule has 2 aliphatic rings. The Kier molecular flexibility index (Phi) is 8.78. The number of aromatic nitrogens is 4. The number of hydrogen-bond donors (Lipinski definition) is 2. The Labute approximate surface area is 244 Å². The van der Waals surface area contributed by atoms with E-state index in [0.29, 0.717) is 28.0 Å². The first-order valence-electron chi connectivity index (χ1n) is 13.3. The molecule has 1 aromatic carbocycles. The Bertz CT molecular complexity index is 1450. The number of amides is 1. The molecule has 2 aromatic heterocycles. The number of rotatable bonds is 9. The highest BCUT2D eigenvalue weighted by molar-refractivity contribution is 8.01. The Balaban J connectivity index is 1.35. The Morgan fingerprint density at radius 3 is 2.83 bits per heavy atom. The van der Waals surface area contributed by atoms with Crippen molar-refractivity contribution in [3.05, 3.63) is 70.0 Å². The first kappa shape index (κ1) is 28.2. The van der Waals surface area contributed by atoms with Gasteiger partial charge in [-0.15, -0.1) is 11.8 Å². The zero-order valence-corrected chi connectivity index (χ0v) is 24.6. The van der Waals surface area contributed by atoms with E-state index in [0.717, 1.165) is 72.7 Å². The van der Waals surface area contributed by atoms with E-state index < -0.39 is 0 Å². The number of benzene rings is 1. The van der Waals surface area contributed by atoms with Gasteiger partial charge in [0.1, 0.15) is 5.75 Å². The van der Waals surface area contributed by atoms with Crippen molar-refractivity contribution in [1.29, 1.82) is 0 Å². The van der Waals surface area contributed by atoms with Crippen LogP contribution in [-0.2, 0) is 25.6 Å². The predicted octanol–water partition coefficient (Wildman–Crippen LogP) is 5.05. The molecule has 3 heterocycles. The molecule has 2 N–H and O–H groups in total. The molecule has 5 rings (SSSR count). The SMILES string of the molecule is C=C(Cl)/C=C\SCc1c2c(nn1C)CCc1cnc(Nc3ccc(C(=O)NC4CCN(C)CC4)cc3OC)nc1-2. The van der Waals surface area contributed by atoms with Crippen LogP contribution in [0.2, 0.25) is 0 Å². The van der Waals surface area contributed by atoms with E-state index in [1.54, 1.807) is 37.1 Å². The predicted molar refractivity (Wildman–Crippen MR) is 161 cm³/mol. The number of thioether (sulfide) groups is 1. The van der Waals surface area contributed by atoms with Gasteiger partial charge in [0.05, 0.1) is 29.9 Å². The van der Waals surface area contributed by atoms with E-state index in [4.69, 9.17) is 26.4 Å². The average Bonchev–Trinajstić information content (AvgIpc) is 3.27. The van der Waals surface area contributed by atoms with Crippen LogP contribution >= 0.6 is 23.4 Å². The number of methoxy groups -OCH3 is 1. The fourth-order valence-electron chi connectivity index (χ4n) is 5.08. The Morgan fingerprint density at radius 1 is 1.27 bits per heavy atom. The van der Waals surface area contributed by atoms with Crippen molar-refractivity contribution in [3.63, 3.8) is 0 Å².